The summed E-state index contributed by atoms with van der Waals surface area (Å²) in [6, 6.07) is 10.1. The third kappa shape index (κ3) is 2.96. The largest absolute Gasteiger partial charge is 0.478 e. The number of hydrogen-bond acceptors (Lipinski definition) is 2. The van der Waals surface area contributed by atoms with E-state index in [1.165, 1.54) is 12.1 Å². The Morgan fingerprint density at radius 3 is 2.45 bits per heavy atom. The molecule has 0 aliphatic heterocycles. The van der Waals surface area contributed by atoms with Crippen molar-refractivity contribution < 1.29 is 14.3 Å². The second-order valence-corrected chi connectivity index (χ2v) is 4.72. The molecule has 0 aliphatic rings. The van der Waals surface area contributed by atoms with Crippen LogP contribution in [0.25, 0.3) is 0 Å². The third-order valence-corrected chi connectivity index (χ3v) is 3.31. The monoisotopic (exact) mass is 273 g/mol. The lowest BCUT2D eigenvalue weighted by Gasteiger charge is -2.12. The average molecular weight is 273 g/mol. The van der Waals surface area contributed by atoms with E-state index in [9.17, 15) is 9.18 Å². The van der Waals surface area contributed by atoms with E-state index in [2.05, 4.69) is 5.32 Å². The van der Waals surface area contributed by atoms with Crippen molar-refractivity contribution in [2.24, 2.45) is 0 Å². The molecule has 0 aromatic heterocycles. The molecular formula is C16H16FNO2. The first-order valence-electron chi connectivity index (χ1n) is 6.31. The van der Waals surface area contributed by atoms with Crippen molar-refractivity contribution in [3.05, 3.63) is 64.5 Å². The lowest BCUT2D eigenvalue weighted by atomic mass is 10.0. The molecule has 2 aromatic carbocycles. The highest BCUT2D eigenvalue weighted by Crippen LogP contribution is 2.18. The zero-order valence-electron chi connectivity index (χ0n) is 11.4. The molecule has 0 aliphatic carbocycles. The molecule has 2 aromatic rings. The molecule has 0 unspecified atom stereocenters. The van der Waals surface area contributed by atoms with Crippen LogP contribution < -0.4 is 5.32 Å². The molecule has 0 saturated heterocycles. The van der Waals surface area contributed by atoms with Crippen LogP contribution in [0.1, 0.15) is 27.0 Å². The standard InChI is InChI=1S/C16H16FNO2/c1-10-4-3-5-11(2)14(10)9-18-12-6-7-15(17)13(8-12)16(19)20/h3-8,18H,9H2,1-2H3,(H,19,20). The molecule has 0 spiro atoms. The Kier molecular flexibility index (Phi) is 4.03. The Balaban J connectivity index is 2.19. The van der Waals surface area contributed by atoms with E-state index in [1.54, 1.807) is 0 Å². The Bertz CT molecular complexity index is 633. The van der Waals surface area contributed by atoms with Crippen LogP contribution in [0, 0.1) is 19.7 Å². The minimum Gasteiger partial charge on any atom is -0.478 e. The molecule has 2 N–H and O–H groups in total. The summed E-state index contributed by atoms with van der Waals surface area (Å²) in [4.78, 5) is 10.9. The molecule has 4 heteroatoms. The first kappa shape index (κ1) is 14.1. The van der Waals surface area contributed by atoms with Crippen molar-refractivity contribution in [1.29, 1.82) is 0 Å². The van der Waals surface area contributed by atoms with Crippen molar-refractivity contribution >= 4 is 11.7 Å². The van der Waals surface area contributed by atoms with Gasteiger partial charge in [0.25, 0.3) is 0 Å². The molecule has 104 valence electrons. The summed E-state index contributed by atoms with van der Waals surface area (Å²) in [6.07, 6.45) is 0. The number of carbonyl (C=O) groups is 1. The summed E-state index contributed by atoms with van der Waals surface area (Å²) < 4.78 is 13.3. The lowest BCUT2D eigenvalue weighted by Crippen LogP contribution is -2.06. The van der Waals surface area contributed by atoms with Gasteiger partial charge in [-0.2, -0.15) is 0 Å². The zero-order chi connectivity index (χ0) is 14.7. The third-order valence-electron chi connectivity index (χ3n) is 3.31. The molecule has 0 bridgehead atoms. The average Bonchev–Trinajstić information content (AvgIpc) is 2.39. The van der Waals surface area contributed by atoms with E-state index in [0.717, 1.165) is 22.8 Å². The highest BCUT2D eigenvalue weighted by atomic mass is 19.1. The van der Waals surface area contributed by atoms with Crippen LogP contribution in [0.2, 0.25) is 0 Å². The minimum atomic E-state index is -1.27. The number of aromatic carboxylic acids is 1. The SMILES string of the molecule is Cc1cccc(C)c1CNc1ccc(F)c(C(=O)O)c1. The molecule has 2 rings (SSSR count). The smallest absolute Gasteiger partial charge is 0.338 e. The van der Waals surface area contributed by atoms with E-state index in [4.69, 9.17) is 5.11 Å². The summed E-state index contributed by atoms with van der Waals surface area (Å²) in [7, 11) is 0. The minimum absolute atomic E-state index is 0.323. The number of hydrogen-bond donors (Lipinski definition) is 2. The topological polar surface area (TPSA) is 49.3 Å². The van der Waals surface area contributed by atoms with Gasteiger partial charge in [0.2, 0.25) is 0 Å². The van der Waals surface area contributed by atoms with E-state index in [1.807, 2.05) is 32.0 Å². The number of anilines is 1. The molecule has 0 radical (unpaired) electrons. The predicted octanol–water partition coefficient (Wildman–Crippen LogP) is 3.75. The second kappa shape index (κ2) is 5.74. The maximum atomic E-state index is 13.3. The molecular weight excluding hydrogens is 257 g/mol. The van der Waals surface area contributed by atoms with Crippen molar-refractivity contribution in [3.63, 3.8) is 0 Å². The van der Waals surface area contributed by atoms with Gasteiger partial charge in [0, 0.05) is 12.2 Å². The fourth-order valence-corrected chi connectivity index (χ4v) is 2.12. The van der Waals surface area contributed by atoms with Crippen LogP contribution in [-0.4, -0.2) is 11.1 Å². The van der Waals surface area contributed by atoms with Gasteiger partial charge in [0.1, 0.15) is 5.82 Å². The molecule has 20 heavy (non-hydrogen) atoms. The van der Waals surface area contributed by atoms with Crippen LogP contribution in [0.15, 0.2) is 36.4 Å². The van der Waals surface area contributed by atoms with Gasteiger partial charge in [0.05, 0.1) is 5.56 Å². The van der Waals surface area contributed by atoms with Crippen molar-refractivity contribution in [2.45, 2.75) is 20.4 Å². The fourth-order valence-electron chi connectivity index (χ4n) is 2.12. The quantitative estimate of drug-likeness (QED) is 0.891. The van der Waals surface area contributed by atoms with Gasteiger partial charge in [-0.15, -0.1) is 0 Å². The van der Waals surface area contributed by atoms with Gasteiger partial charge < -0.3 is 10.4 Å². The molecule has 0 atom stereocenters. The zero-order valence-corrected chi connectivity index (χ0v) is 11.4. The molecule has 3 nitrogen and oxygen atoms in total. The highest BCUT2D eigenvalue weighted by molar-refractivity contribution is 5.89. The first-order valence-corrected chi connectivity index (χ1v) is 6.31. The van der Waals surface area contributed by atoms with Crippen LogP contribution in [-0.2, 0) is 6.54 Å². The van der Waals surface area contributed by atoms with Crippen molar-refractivity contribution in [2.75, 3.05) is 5.32 Å². The maximum Gasteiger partial charge on any atom is 0.338 e. The van der Waals surface area contributed by atoms with Crippen LogP contribution in [0.5, 0.6) is 0 Å². The predicted molar refractivity (Wildman–Crippen MR) is 76.6 cm³/mol. The van der Waals surface area contributed by atoms with Crippen LogP contribution >= 0.6 is 0 Å². The van der Waals surface area contributed by atoms with Gasteiger partial charge in [0.15, 0.2) is 0 Å². The lowest BCUT2D eigenvalue weighted by molar-refractivity contribution is 0.0692. The summed E-state index contributed by atoms with van der Waals surface area (Å²) in [5.41, 5.74) is 3.76. The Labute approximate surface area is 117 Å². The summed E-state index contributed by atoms with van der Waals surface area (Å²) in [5, 5.41) is 12.0. The van der Waals surface area contributed by atoms with Gasteiger partial charge in [-0.3, -0.25) is 0 Å². The molecule has 0 heterocycles. The van der Waals surface area contributed by atoms with E-state index in [-0.39, 0.29) is 5.56 Å². The second-order valence-electron chi connectivity index (χ2n) is 4.72. The number of benzene rings is 2. The van der Waals surface area contributed by atoms with E-state index >= 15 is 0 Å². The maximum absolute atomic E-state index is 13.3. The molecule has 0 saturated carbocycles. The van der Waals surface area contributed by atoms with Crippen LogP contribution in [0.3, 0.4) is 0 Å². The molecule has 0 amide bonds. The van der Waals surface area contributed by atoms with Crippen molar-refractivity contribution in [3.8, 4) is 0 Å². The number of aryl methyl sites for hydroxylation is 2. The first-order chi connectivity index (χ1) is 9.49. The number of rotatable bonds is 4. The summed E-state index contributed by atoms with van der Waals surface area (Å²) in [6.45, 7) is 4.62. The molecule has 0 fully saturated rings. The number of carboxylic acids is 1. The normalized spacial score (nSPS) is 10.3. The Morgan fingerprint density at radius 1 is 1.20 bits per heavy atom. The van der Waals surface area contributed by atoms with Crippen molar-refractivity contribution in [1.82, 2.24) is 0 Å². The summed E-state index contributed by atoms with van der Waals surface area (Å²) >= 11 is 0. The fraction of sp³-hybridized carbons (Fsp3) is 0.188. The summed E-state index contributed by atoms with van der Waals surface area (Å²) in [5.74, 6) is -1.99. The Hall–Kier alpha value is -2.36. The van der Waals surface area contributed by atoms with Crippen LogP contribution in [0.4, 0.5) is 10.1 Å². The Morgan fingerprint density at radius 2 is 1.85 bits per heavy atom. The highest BCUT2D eigenvalue weighted by Gasteiger charge is 2.11. The number of nitrogens with one attached hydrogen (secondary N) is 1. The van der Waals surface area contributed by atoms with Gasteiger partial charge >= 0.3 is 5.97 Å². The van der Waals surface area contributed by atoms with Gasteiger partial charge in [-0.1, -0.05) is 18.2 Å². The van der Waals surface area contributed by atoms with E-state index < -0.39 is 11.8 Å². The van der Waals surface area contributed by atoms with Gasteiger partial charge in [-0.25, -0.2) is 9.18 Å². The number of halogens is 1. The number of carboxylic acid groups (broad SMARTS) is 1. The van der Waals surface area contributed by atoms with E-state index in [0.29, 0.717) is 12.2 Å². The van der Waals surface area contributed by atoms with Gasteiger partial charge in [-0.05, 0) is 48.7 Å².